The van der Waals surface area contributed by atoms with Crippen LogP contribution >= 0.6 is 0 Å². The number of nitrogens with zero attached hydrogens (tertiary/aromatic N) is 1. The van der Waals surface area contributed by atoms with E-state index in [9.17, 15) is 4.79 Å². The van der Waals surface area contributed by atoms with Crippen LogP contribution in [0.5, 0.6) is 0 Å². The molecule has 1 N–H and O–H groups in total. The lowest BCUT2D eigenvalue weighted by molar-refractivity contribution is -0.129. The van der Waals surface area contributed by atoms with Gasteiger partial charge in [0.25, 0.3) is 0 Å². The van der Waals surface area contributed by atoms with Gasteiger partial charge in [-0.2, -0.15) is 0 Å². The Morgan fingerprint density at radius 1 is 1.47 bits per heavy atom. The van der Waals surface area contributed by atoms with E-state index in [4.69, 9.17) is 0 Å². The van der Waals surface area contributed by atoms with Crippen LogP contribution in [0.1, 0.15) is 47.0 Å². The summed E-state index contributed by atoms with van der Waals surface area (Å²) in [6.07, 6.45) is 3.56. The van der Waals surface area contributed by atoms with E-state index in [2.05, 4.69) is 33.0 Å². The maximum atomic E-state index is 11.7. The van der Waals surface area contributed by atoms with Crippen LogP contribution in [0, 0.1) is 5.41 Å². The Labute approximate surface area is 93.2 Å². The third-order valence-corrected chi connectivity index (χ3v) is 3.30. The molecule has 0 aromatic carbocycles. The zero-order valence-corrected chi connectivity index (χ0v) is 10.5. The average molecular weight is 212 g/mol. The van der Waals surface area contributed by atoms with E-state index >= 15 is 0 Å². The van der Waals surface area contributed by atoms with Gasteiger partial charge < -0.3 is 4.90 Å². The van der Waals surface area contributed by atoms with Crippen LogP contribution < -0.4 is 5.32 Å². The van der Waals surface area contributed by atoms with Crippen LogP contribution in [0.25, 0.3) is 0 Å². The Morgan fingerprint density at radius 2 is 2.13 bits per heavy atom. The molecule has 1 atom stereocenters. The lowest BCUT2D eigenvalue weighted by atomic mass is 9.89. The van der Waals surface area contributed by atoms with E-state index in [-0.39, 0.29) is 17.5 Å². The van der Waals surface area contributed by atoms with Gasteiger partial charge in [0.15, 0.2) is 0 Å². The molecule has 1 amide bonds. The van der Waals surface area contributed by atoms with Crippen molar-refractivity contribution in [3.8, 4) is 0 Å². The molecule has 0 radical (unpaired) electrons. The molecule has 0 spiro atoms. The standard InChI is InChI=1S/C12H24N2O/c1-5-7-10-13-8-11(15)14(10)9-12(3,4)6-2/h10,13H,5-9H2,1-4H3. The molecule has 0 aliphatic carbocycles. The number of amides is 1. The maximum absolute atomic E-state index is 11.7. The predicted octanol–water partition coefficient (Wildman–Crippen LogP) is 1.98. The third kappa shape index (κ3) is 3.20. The Bertz CT molecular complexity index is 226. The van der Waals surface area contributed by atoms with Gasteiger partial charge >= 0.3 is 0 Å². The van der Waals surface area contributed by atoms with E-state index < -0.39 is 0 Å². The van der Waals surface area contributed by atoms with Gasteiger partial charge in [-0.1, -0.05) is 34.1 Å². The topological polar surface area (TPSA) is 32.3 Å². The van der Waals surface area contributed by atoms with E-state index in [1.165, 1.54) is 0 Å². The van der Waals surface area contributed by atoms with Crippen molar-refractivity contribution in [1.29, 1.82) is 0 Å². The second-order valence-electron chi connectivity index (χ2n) is 5.22. The van der Waals surface area contributed by atoms with E-state index in [1.807, 2.05) is 4.90 Å². The summed E-state index contributed by atoms with van der Waals surface area (Å²) in [5.74, 6) is 0.259. The fourth-order valence-electron chi connectivity index (χ4n) is 1.89. The zero-order chi connectivity index (χ0) is 11.5. The molecule has 88 valence electrons. The van der Waals surface area contributed by atoms with Gasteiger partial charge in [-0.05, 0) is 18.3 Å². The highest BCUT2D eigenvalue weighted by atomic mass is 16.2. The number of carbonyl (C=O) groups excluding carboxylic acids is 1. The molecule has 1 rings (SSSR count). The minimum Gasteiger partial charge on any atom is -0.326 e. The molecule has 0 aromatic rings. The van der Waals surface area contributed by atoms with Gasteiger partial charge in [-0.3, -0.25) is 10.1 Å². The van der Waals surface area contributed by atoms with Crippen LogP contribution in [0.4, 0.5) is 0 Å². The molecule has 0 bridgehead atoms. The molecule has 3 heteroatoms. The second-order valence-corrected chi connectivity index (χ2v) is 5.22. The van der Waals surface area contributed by atoms with Gasteiger partial charge in [0.05, 0.1) is 12.7 Å². The minimum atomic E-state index is 0.230. The summed E-state index contributed by atoms with van der Waals surface area (Å²) in [6.45, 7) is 10.2. The summed E-state index contributed by atoms with van der Waals surface area (Å²) in [5, 5.41) is 3.28. The van der Waals surface area contributed by atoms with Gasteiger partial charge in [0, 0.05) is 6.54 Å². The smallest absolute Gasteiger partial charge is 0.237 e. The SMILES string of the molecule is CCCC1NCC(=O)N1CC(C)(C)CC. The quantitative estimate of drug-likeness (QED) is 0.756. The highest BCUT2D eigenvalue weighted by Gasteiger charge is 2.33. The Morgan fingerprint density at radius 3 is 2.67 bits per heavy atom. The van der Waals surface area contributed by atoms with E-state index in [1.54, 1.807) is 0 Å². The summed E-state index contributed by atoms with van der Waals surface area (Å²) < 4.78 is 0. The largest absolute Gasteiger partial charge is 0.326 e. The molecule has 1 aliphatic rings. The van der Waals surface area contributed by atoms with E-state index in [0.717, 1.165) is 25.8 Å². The van der Waals surface area contributed by atoms with Crippen LogP contribution in [-0.4, -0.2) is 30.1 Å². The summed E-state index contributed by atoms with van der Waals surface area (Å²) in [6, 6.07) is 0. The second kappa shape index (κ2) is 4.97. The van der Waals surface area contributed by atoms with Crippen molar-refractivity contribution in [2.24, 2.45) is 5.41 Å². The summed E-state index contributed by atoms with van der Waals surface area (Å²) in [7, 11) is 0. The Kier molecular flexibility index (Phi) is 4.14. The Balaban J connectivity index is 2.60. The zero-order valence-electron chi connectivity index (χ0n) is 10.5. The Hall–Kier alpha value is -0.570. The molecule has 1 fully saturated rings. The van der Waals surface area contributed by atoms with Crippen molar-refractivity contribution in [2.45, 2.75) is 53.1 Å². The number of carbonyl (C=O) groups is 1. The van der Waals surface area contributed by atoms with Crippen LogP contribution in [0.2, 0.25) is 0 Å². The third-order valence-electron chi connectivity index (χ3n) is 3.30. The lowest BCUT2D eigenvalue weighted by Crippen LogP contribution is -2.42. The molecule has 15 heavy (non-hydrogen) atoms. The minimum absolute atomic E-state index is 0.230. The van der Waals surface area contributed by atoms with Crippen molar-refractivity contribution < 1.29 is 4.79 Å². The van der Waals surface area contributed by atoms with E-state index in [0.29, 0.717) is 6.54 Å². The van der Waals surface area contributed by atoms with Gasteiger partial charge in [0.2, 0.25) is 5.91 Å². The summed E-state index contributed by atoms with van der Waals surface area (Å²) in [5.41, 5.74) is 0.230. The van der Waals surface area contributed by atoms with Gasteiger partial charge in [-0.15, -0.1) is 0 Å². The van der Waals surface area contributed by atoms with Crippen molar-refractivity contribution in [3.63, 3.8) is 0 Å². The van der Waals surface area contributed by atoms with Crippen molar-refractivity contribution in [3.05, 3.63) is 0 Å². The van der Waals surface area contributed by atoms with Gasteiger partial charge in [0.1, 0.15) is 0 Å². The number of hydrogen-bond donors (Lipinski definition) is 1. The highest BCUT2D eigenvalue weighted by Crippen LogP contribution is 2.24. The first-order chi connectivity index (χ1) is 7.00. The van der Waals surface area contributed by atoms with Crippen LogP contribution in [-0.2, 0) is 4.79 Å². The first-order valence-corrected chi connectivity index (χ1v) is 6.03. The first-order valence-electron chi connectivity index (χ1n) is 6.03. The monoisotopic (exact) mass is 212 g/mol. The molecule has 1 saturated heterocycles. The van der Waals surface area contributed by atoms with Crippen molar-refractivity contribution in [1.82, 2.24) is 10.2 Å². The molecule has 1 unspecified atom stereocenters. The number of nitrogens with one attached hydrogen (secondary N) is 1. The van der Waals surface area contributed by atoms with Crippen molar-refractivity contribution >= 4 is 5.91 Å². The molecule has 1 heterocycles. The average Bonchev–Trinajstić information content (AvgIpc) is 2.50. The molecular weight excluding hydrogens is 188 g/mol. The number of rotatable bonds is 5. The molecule has 0 aromatic heterocycles. The predicted molar refractivity (Wildman–Crippen MR) is 62.5 cm³/mol. The summed E-state index contributed by atoms with van der Waals surface area (Å²) >= 11 is 0. The molecule has 1 aliphatic heterocycles. The fraction of sp³-hybridized carbons (Fsp3) is 0.917. The lowest BCUT2D eigenvalue weighted by Gasteiger charge is -2.32. The number of hydrogen-bond acceptors (Lipinski definition) is 2. The van der Waals surface area contributed by atoms with Crippen LogP contribution in [0.3, 0.4) is 0 Å². The van der Waals surface area contributed by atoms with Crippen molar-refractivity contribution in [2.75, 3.05) is 13.1 Å². The summed E-state index contributed by atoms with van der Waals surface area (Å²) in [4.78, 5) is 13.7. The normalized spacial score (nSPS) is 22.5. The van der Waals surface area contributed by atoms with Crippen LogP contribution in [0.15, 0.2) is 0 Å². The first kappa shape index (κ1) is 12.5. The maximum Gasteiger partial charge on any atom is 0.237 e. The van der Waals surface area contributed by atoms with Gasteiger partial charge in [-0.25, -0.2) is 0 Å². The molecule has 3 nitrogen and oxygen atoms in total. The molecule has 0 saturated carbocycles. The fourth-order valence-corrected chi connectivity index (χ4v) is 1.89. The molecular formula is C12H24N2O. The highest BCUT2D eigenvalue weighted by molar-refractivity contribution is 5.80.